The molecule has 1 atom stereocenters. The first kappa shape index (κ1) is 16.2. The molecule has 5 nitrogen and oxygen atoms in total. The lowest BCUT2D eigenvalue weighted by atomic mass is 10.2. The second-order valence-electron chi connectivity index (χ2n) is 5.66. The molecule has 1 heterocycles. The Hall–Kier alpha value is -2.66. The van der Waals surface area contributed by atoms with Gasteiger partial charge in [0.25, 0.3) is 5.56 Å². The number of aliphatic hydroxyl groups is 1. The van der Waals surface area contributed by atoms with E-state index in [-0.39, 0.29) is 18.7 Å². The first-order valence-corrected chi connectivity index (χ1v) is 8.01. The summed E-state index contributed by atoms with van der Waals surface area (Å²) < 4.78 is 7.13. The number of para-hydroxylation sites is 2. The molecule has 0 bridgehead atoms. The van der Waals surface area contributed by atoms with Crippen molar-refractivity contribution >= 4 is 11.0 Å². The third-order valence-electron chi connectivity index (χ3n) is 3.92. The van der Waals surface area contributed by atoms with Crippen molar-refractivity contribution < 1.29 is 9.84 Å². The molecule has 0 saturated heterocycles. The van der Waals surface area contributed by atoms with Crippen LogP contribution in [0.4, 0.5) is 0 Å². The lowest BCUT2D eigenvalue weighted by Crippen LogP contribution is -2.30. The van der Waals surface area contributed by atoms with Crippen LogP contribution in [0.15, 0.2) is 59.5 Å². The molecule has 1 aromatic heterocycles. The third kappa shape index (κ3) is 3.63. The van der Waals surface area contributed by atoms with E-state index in [0.29, 0.717) is 11.3 Å². The van der Waals surface area contributed by atoms with Crippen molar-refractivity contribution in [2.75, 3.05) is 6.61 Å². The fourth-order valence-electron chi connectivity index (χ4n) is 2.58. The van der Waals surface area contributed by atoms with E-state index in [0.717, 1.165) is 11.9 Å². The van der Waals surface area contributed by atoms with E-state index >= 15 is 0 Å². The summed E-state index contributed by atoms with van der Waals surface area (Å²) in [5.74, 6) is 0.707. The molecule has 124 valence electrons. The fraction of sp³-hybridized carbons (Fsp3) is 0.263. The van der Waals surface area contributed by atoms with E-state index in [1.165, 1.54) is 16.3 Å². The molecule has 1 unspecified atom stereocenters. The molecular formula is C19H20N2O3. The lowest BCUT2D eigenvalue weighted by molar-refractivity contribution is 0.0927. The number of hydrogen-bond acceptors (Lipinski definition) is 4. The van der Waals surface area contributed by atoms with Crippen LogP contribution in [0.2, 0.25) is 0 Å². The van der Waals surface area contributed by atoms with Gasteiger partial charge in [-0.2, -0.15) is 0 Å². The Balaban J connectivity index is 1.69. The topological polar surface area (TPSA) is 64.3 Å². The second kappa shape index (κ2) is 7.27. The molecule has 0 radical (unpaired) electrons. The zero-order chi connectivity index (χ0) is 16.9. The van der Waals surface area contributed by atoms with Crippen LogP contribution in [-0.4, -0.2) is 27.4 Å². The minimum Gasteiger partial charge on any atom is -0.491 e. The van der Waals surface area contributed by atoms with Crippen molar-refractivity contribution in [3.63, 3.8) is 0 Å². The molecule has 0 fully saturated rings. The van der Waals surface area contributed by atoms with Gasteiger partial charge in [0, 0.05) is 0 Å². The lowest BCUT2D eigenvalue weighted by Gasteiger charge is -2.15. The highest BCUT2D eigenvalue weighted by molar-refractivity contribution is 5.74. The van der Waals surface area contributed by atoms with Crippen LogP contribution in [0.25, 0.3) is 11.0 Å². The molecule has 5 heteroatoms. The number of hydrogen-bond donors (Lipinski definition) is 1. The first-order valence-electron chi connectivity index (χ1n) is 8.01. The SMILES string of the molecule is CCc1ccc(OCC(O)Cn2c(=O)cnc3ccccc32)cc1. The standard InChI is InChI=1S/C19H20N2O3/c1-2-14-7-9-16(10-8-14)24-13-15(22)12-21-18-6-4-3-5-17(18)20-11-19(21)23/h3-11,15,22H,2,12-13H2,1H3. The zero-order valence-electron chi connectivity index (χ0n) is 13.6. The van der Waals surface area contributed by atoms with E-state index in [2.05, 4.69) is 11.9 Å². The third-order valence-corrected chi connectivity index (χ3v) is 3.92. The van der Waals surface area contributed by atoms with Crippen LogP contribution in [0.3, 0.4) is 0 Å². The van der Waals surface area contributed by atoms with Crippen molar-refractivity contribution in [2.45, 2.75) is 26.0 Å². The molecule has 0 aliphatic carbocycles. The van der Waals surface area contributed by atoms with Gasteiger partial charge in [0.05, 0.1) is 23.8 Å². The number of nitrogens with zero attached hydrogens (tertiary/aromatic N) is 2. The van der Waals surface area contributed by atoms with Gasteiger partial charge in [-0.3, -0.25) is 4.79 Å². The van der Waals surface area contributed by atoms with Gasteiger partial charge in [0.1, 0.15) is 18.5 Å². The smallest absolute Gasteiger partial charge is 0.269 e. The molecule has 0 amide bonds. The van der Waals surface area contributed by atoms with Crippen LogP contribution in [0.1, 0.15) is 12.5 Å². The number of benzene rings is 2. The Morgan fingerprint density at radius 2 is 1.92 bits per heavy atom. The quantitative estimate of drug-likeness (QED) is 0.756. The van der Waals surface area contributed by atoms with E-state index in [1.807, 2.05) is 48.5 Å². The summed E-state index contributed by atoms with van der Waals surface area (Å²) in [5.41, 5.74) is 2.43. The molecular weight excluding hydrogens is 304 g/mol. The van der Waals surface area contributed by atoms with Crippen molar-refractivity contribution in [3.05, 3.63) is 70.6 Å². The Bertz CT molecular complexity index is 872. The maximum atomic E-state index is 12.1. The number of fused-ring (bicyclic) bond motifs is 1. The summed E-state index contributed by atoms with van der Waals surface area (Å²) >= 11 is 0. The maximum absolute atomic E-state index is 12.1. The van der Waals surface area contributed by atoms with Crippen LogP contribution >= 0.6 is 0 Å². The average Bonchev–Trinajstić information content (AvgIpc) is 2.63. The van der Waals surface area contributed by atoms with Crippen molar-refractivity contribution in [1.82, 2.24) is 9.55 Å². The van der Waals surface area contributed by atoms with Crippen LogP contribution in [-0.2, 0) is 13.0 Å². The van der Waals surface area contributed by atoms with Gasteiger partial charge in [-0.1, -0.05) is 31.2 Å². The van der Waals surface area contributed by atoms with Crippen LogP contribution < -0.4 is 10.3 Å². The van der Waals surface area contributed by atoms with Gasteiger partial charge in [0.15, 0.2) is 0 Å². The summed E-state index contributed by atoms with van der Waals surface area (Å²) in [6, 6.07) is 15.1. The number of aliphatic hydroxyl groups excluding tert-OH is 1. The van der Waals surface area contributed by atoms with Gasteiger partial charge in [-0.15, -0.1) is 0 Å². The van der Waals surface area contributed by atoms with Crippen molar-refractivity contribution in [2.24, 2.45) is 0 Å². The Kier molecular flexibility index (Phi) is 4.91. The van der Waals surface area contributed by atoms with Gasteiger partial charge in [0.2, 0.25) is 0 Å². The minimum atomic E-state index is -0.792. The predicted octanol–water partition coefficient (Wildman–Crippen LogP) is 2.40. The highest BCUT2D eigenvalue weighted by Gasteiger charge is 2.11. The van der Waals surface area contributed by atoms with Gasteiger partial charge < -0.3 is 14.4 Å². The summed E-state index contributed by atoms with van der Waals surface area (Å²) in [4.78, 5) is 16.2. The first-order chi connectivity index (χ1) is 11.7. The minimum absolute atomic E-state index is 0.120. The van der Waals surface area contributed by atoms with Gasteiger partial charge >= 0.3 is 0 Å². The summed E-state index contributed by atoms with van der Waals surface area (Å²) in [6.45, 7) is 2.37. The number of rotatable bonds is 6. The normalized spacial score (nSPS) is 12.2. The molecule has 0 saturated carbocycles. The highest BCUT2D eigenvalue weighted by atomic mass is 16.5. The zero-order valence-corrected chi connectivity index (χ0v) is 13.6. The molecule has 24 heavy (non-hydrogen) atoms. The predicted molar refractivity (Wildman–Crippen MR) is 93.3 cm³/mol. The molecule has 1 N–H and O–H groups in total. The molecule has 0 aliphatic rings. The largest absolute Gasteiger partial charge is 0.491 e. The summed E-state index contributed by atoms with van der Waals surface area (Å²) in [7, 11) is 0. The molecule has 3 aromatic rings. The van der Waals surface area contributed by atoms with E-state index in [9.17, 15) is 9.90 Å². The number of aromatic nitrogens is 2. The molecule has 2 aromatic carbocycles. The molecule has 3 rings (SSSR count). The second-order valence-corrected chi connectivity index (χ2v) is 5.66. The average molecular weight is 324 g/mol. The maximum Gasteiger partial charge on any atom is 0.269 e. The Morgan fingerprint density at radius 3 is 2.67 bits per heavy atom. The molecule has 0 aliphatic heterocycles. The van der Waals surface area contributed by atoms with Gasteiger partial charge in [-0.25, -0.2) is 4.98 Å². The van der Waals surface area contributed by atoms with Crippen LogP contribution in [0.5, 0.6) is 5.75 Å². The summed E-state index contributed by atoms with van der Waals surface area (Å²) in [5, 5.41) is 10.2. The van der Waals surface area contributed by atoms with Gasteiger partial charge in [-0.05, 0) is 36.2 Å². The number of aryl methyl sites for hydroxylation is 1. The van der Waals surface area contributed by atoms with E-state index in [4.69, 9.17) is 4.74 Å². The monoisotopic (exact) mass is 324 g/mol. The number of ether oxygens (including phenoxy) is 1. The highest BCUT2D eigenvalue weighted by Crippen LogP contribution is 2.13. The van der Waals surface area contributed by atoms with E-state index < -0.39 is 6.10 Å². The Morgan fingerprint density at radius 1 is 1.17 bits per heavy atom. The van der Waals surface area contributed by atoms with Crippen LogP contribution in [0, 0.1) is 0 Å². The Labute approximate surface area is 140 Å². The summed E-state index contributed by atoms with van der Waals surface area (Å²) in [6.07, 6.45) is 1.46. The van der Waals surface area contributed by atoms with E-state index in [1.54, 1.807) is 0 Å². The fourth-order valence-corrected chi connectivity index (χ4v) is 2.58. The van der Waals surface area contributed by atoms with Crippen molar-refractivity contribution in [3.8, 4) is 5.75 Å². The molecule has 0 spiro atoms. The van der Waals surface area contributed by atoms with Crippen molar-refractivity contribution in [1.29, 1.82) is 0 Å².